The maximum Gasteiger partial charge on any atom is 0.242 e. The Hall–Kier alpha value is -0.730. The highest BCUT2D eigenvalue weighted by Gasteiger charge is 2.25. The van der Waals surface area contributed by atoms with Gasteiger partial charge in [0.05, 0.1) is 0 Å². The molecule has 0 fully saturated rings. The van der Waals surface area contributed by atoms with Gasteiger partial charge in [0.15, 0.2) is 0 Å². The minimum atomic E-state index is -3.51. The minimum absolute atomic E-state index is 0.229. The van der Waals surface area contributed by atoms with Gasteiger partial charge in [0.1, 0.15) is 4.90 Å². The lowest BCUT2D eigenvalue weighted by Crippen LogP contribution is -2.28. The molecule has 2 aromatic heterocycles. The standard InChI is InChI=1S/C14H20N2O2S3/c1-4-15-7-13-14(10(2)8-20-13)21(17,18)16-11(3)12-5-6-19-9-12/h5-6,8-9,11,15-16H,4,7H2,1-3H3. The maximum absolute atomic E-state index is 12.7. The normalized spacial score (nSPS) is 13.5. The van der Waals surface area contributed by atoms with E-state index in [1.807, 2.05) is 43.0 Å². The molecule has 4 nitrogen and oxygen atoms in total. The summed E-state index contributed by atoms with van der Waals surface area (Å²) in [7, 11) is -3.51. The molecule has 2 heterocycles. The Balaban J connectivity index is 2.25. The highest BCUT2D eigenvalue weighted by molar-refractivity contribution is 7.89. The topological polar surface area (TPSA) is 58.2 Å². The summed E-state index contributed by atoms with van der Waals surface area (Å²) < 4.78 is 28.1. The predicted molar refractivity (Wildman–Crippen MR) is 89.5 cm³/mol. The van der Waals surface area contributed by atoms with Crippen molar-refractivity contribution in [1.82, 2.24) is 10.0 Å². The molecule has 0 amide bonds. The largest absolute Gasteiger partial charge is 0.312 e. The predicted octanol–water partition coefficient (Wildman–Crippen LogP) is 3.27. The lowest BCUT2D eigenvalue weighted by atomic mass is 10.2. The van der Waals surface area contributed by atoms with Crippen molar-refractivity contribution in [3.63, 3.8) is 0 Å². The number of thiophene rings is 2. The third-order valence-corrected chi connectivity index (χ3v) is 6.87. The second kappa shape index (κ2) is 7.02. The van der Waals surface area contributed by atoms with Crippen molar-refractivity contribution in [3.05, 3.63) is 38.2 Å². The van der Waals surface area contributed by atoms with E-state index in [-0.39, 0.29) is 6.04 Å². The number of hydrogen-bond donors (Lipinski definition) is 2. The van der Waals surface area contributed by atoms with Crippen molar-refractivity contribution in [2.75, 3.05) is 6.54 Å². The first-order chi connectivity index (χ1) is 9.95. The monoisotopic (exact) mass is 344 g/mol. The van der Waals surface area contributed by atoms with Crippen molar-refractivity contribution < 1.29 is 8.42 Å². The number of aryl methyl sites for hydroxylation is 1. The number of nitrogens with one attached hydrogen (secondary N) is 2. The molecule has 7 heteroatoms. The molecule has 0 aromatic carbocycles. The fourth-order valence-corrected chi connectivity index (χ4v) is 5.86. The summed E-state index contributed by atoms with van der Waals surface area (Å²) in [5.41, 5.74) is 1.79. The molecule has 0 spiro atoms. The van der Waals surface area contributed by atoms with Crippen LogP contribution >= 0.6 is 22.7 Å². The average molecular weight is 345 g/mol. The average Bonchev–Trinajstić information content (AvgIpc) is 3.05. The Morgan fingerprint density at radius 3 is 2.71 bits per heavy atom. The lowest BCUT2D eigenvalue weighted by molar-refractivity contribution is 0.565. The van der Waals surface area contributed by atoms with Gasteiger partial charge in [-0.25, -0.2) is 13.1 Å². The Morgan fingerprint density at radius 1 is 1.33 bits per heavy atom. The first-order valence-corrected chi connectivity index (χ1v) is 10.1. The smallest absolute Gasteiger partial charge is 0.242 e. The molecule has 21 heavy (non-hydrogen) atoms. The quantitative estimate of drug-likeness (QED) is 0.810. The molecule has 2 N–H and O–H groups in total. The number of sulfonamides is 1. The third-order valence-electron chi connectivity index (χ3n) is 3.17. The van der Waals surface area contributed by atoms with Gasteiger partial charge >= 0.3 is 0 Å². The highest BCUT2D eigenvalue weighted by atomic mass is 32.2. The van der Waals surface area contributed by atoms with Crippen LogP contribution in [0.4, 0.5) is 0 Å². The first-order valence-electron chi connectivity index (χ1n) is 6.77. The van der Waals surface area contributed by atoms with Crippen LogP contribution in [0.3, 0.4) is 0 Å². The summed E-state index contributed by atoms with van der Waals surface area (Å²) in [6, 6.07) is 1.71. The third kappa shape index (κ3) is 3.92. The zero-order valence-corrected chi connectivity index (χ0v) is 14.8. The molecular formula is C14H20N2O2S3. The molecule has 0 aliphatic carbocycles. The first kappa shape index (κ1) is 16.6. The van der Waals surface area contributed by atoms with Crippen molar-refractivity contribution in [2.45, 2.75) is 38.3 Å². The number of hydrogen-bond acceptors (Lipinski definition) is 5. The molecule has 2 aromatic rings. The van der Waals surface area contributed by atoms with Crippen LogP contribution < -0.4 is 10.0 Å². The van der Waals surface area contributed by atoms with Crippen molar-refractivity contribution in [2.24, 2.45) is 0 Å². The molecule has 0 saturated carbocycles. The zero-order chi connectivity index (χ0) is 15.5. The van der Waals surface area contributed by atoms with Crippen LogP contribution in [-0.4, -0.2) is 15.0 Å². The summed E-state index contributed by atoms with van der Waals surface area (Å²) in [5, 5.41) is 9.01. The van der Waals surface area contributed by atoms with E-state index in [4.69, 9.17) is 0 Å². The summed E-state index contributed by atoms with van der Waals surface area (Å²) in [4.78, 5) is 1.29. The Bertz CT molecular complexity index is 675. The molecule has 1 unspecified atom stereocenters. The van der Waals surface area contributed by atoms with Crippen LogP contribution in [-0.2, 0) is 16.6 Å². The van der Waals surface area contributed by atoms with Crippen molar-refractivity contribution >= 4 is 32.7 Å². The van der Waals surface area contributed by atoms with Gasteiger partial charge < -0.3 is 5.32 Å². The Kier molecular flexibility index (Phi) is 5.56. The van der Waals surface area contributed by atoms with Gasteiger partial charge in [0, 0.05) is 17.5 Å². The van der Waals surface area contributed by atoms with Gasteiger partial charge in [-0.2, -0.15) is 11.3 Å². The van der Waals surface area contributed by atoms with Gasteiger partial charge in [0.2, 0.25) is 10.0 Å². The van der Waals surface area contributed by atoms with Crippen LogP contribution in [0.5, 0.6) is 0 Å². The minimum Gasteiger partial charge on any atom is -0.312 e. The van der Waals surface area contributed by atoms with Crippen LogP contribution in [0.2, 0.25) is 0 Å². The van der Waals surface area contributed by atoms with E-state index >= 15 is 0 Å². The molecule has 2 rings (SSSR count). The fourth-order valence-electron chi connectivity index (χ4n) is 2.09. The molecule has 0 saturated heterocycles. The van der Waals surface area contributed by atoms with E-state index in [1.165, 1.54) is 11.3 Å². The van der Waals surface area contributed by atoms with Crippen LogP contribution in [0.1, 0.15) is 35.9 Å². The molecule has 116 valence electrons. The molecule has 0 aliphatic rings. The van der Waals surface area contributed by atoms with Gasteiger partial charge in [-0.15, -0.1) is 11.3 Å². The lowest BCUT2D eigenvalue weighted by Gasteiger charge is -2.14. The van der Waals surface area contributed by atoms with Gasteiger partial charge in [-0.1, -0.05) is 6.92 Å². The SMILES string of the molecule is CCNCc1scc(C)c1S(=O)(=O)NC(C)c1ccsc1. The second-order valence-electron chi connectivity index (χ2n) is 4.85. The molecule has 1 atom stereocenters. The van der Waals surface area contributed by atoms with E-state index in [0.29, 0.717) is 11.4 Å². The van der Waals surface area contributed by atoms with Gasteiger partial charge in [0.25, 0.3) is 0 Å². The van der Waals surface area contributed by atoms with E-state index in [0.717, 1.165) is 22.5 Å². The molecule has 0 radical (unpaired) electrons. The second-order valence-corrected chi connectivity index (χ2v) is 8.25. The van der Waals surface area contributed by atoms with E-state index in [9.17, 15) is 8.42 Å². The summed E-state index contributed by atoms with van der Waals surface area (Å²) in [6.07, 6.45) is 0. The Morgan fingerprint density at radius 2 is 2.10 bits per heavy atom. The molecule has 0 aliphatic heterocycles. The summed E-state index contributed by atoms with van der Waals surface area (Å²) in [5.74, 6) is 0. The van der Waals surface area contributed by atoms with Crippen LogP contribution in [0, 0.1) is 6.92 Å². The molecule has 0 bridgehead atoms. The summed E-state index contributed by atoms with van der Waals surface area (Å²) >= 11 is 3.05. The van der Waals surface area contributed by atoms with Crippen LogP contribution in [0.15, 0.2) is 27.1 Å². The summed E-state index contributed by atoms with van der Waals surface area (Å²) in [6.45, 7) is 7.11. The maximum atomic E-state index is 12.7. The van der Waals surface area contributed by atoms with Gasteiger partial charge in [-0.05, 0) is 53.7 Å². The fraction of sp³-hybridized carbons (Fsp3) is 0.429. The van der Waals surface area contributed by atoms with E-state index < -0.39 is 10.0 Å². The van der Waals surface area contributed by atoms with Crippen molar-refractivity contribution in [3.8, 4) is 0 Å². The molecular weight excluding hydrogens is 324 g/mol. The Labute approximate surface area is 134 Å². The number of rotatable bonds is 7. The van der Waals surface area contributed by atoms with Crippen LogP contribution in [0.25, 0.3) is 0 Å². The van der Waals surface area contributed by atoms with Gasteiger partial charge in [-0.3, -0.25) is 0 Å². The van der Waals surface area contributed by atoms with E-state index in [1.54, 1.807) is 11.3 Å². The zero-order valence-electron chi connectivity index (χ0n) is 12.3. The van der Waals surface area contributed by atoms with E-state index in [2.05, 4.69) is 10.0 Å². The highest BCUT2D eigenvalue weighted by Crippen LogP contribution is 2.28. The van der Waals surface area contributed by atoms with Crippen molar-refractivity contribution in [1.29, 1.82) is 0 Å².